The monoisotopic (exact) mass is 314 g/mol. The molecule has 0 fully saturated rings. The van der Waals surface area contributed by atoms with Crippen molar-refractivity contribution in [1.82, 2.24) is 0 Å². The predicted molar refractivity (Wildman–Crippen MR) is 78.3 cm³/mol. The molecule has 1 aromatic rings. The molecule has 0 heterocycles. The lowest BCUT2D eigenvalue weighted by atomic mass is 10.2. The molecule has 0 aliphatic heterocycles. The lowest BCUT2D eigenvalue weighted by molar-refractivity contribution is -0.115. The van der Waals surface area contributed by atoms with Crippen LogP contribution in [0.3, 0.4) is 0 Å². The van der Waals surface area contributed by atoms with Gasteiger partial charge in [-0.2, -0.15) is 5.26 Å². The molecule has 1 unspecified atom stereocenters. The molecule has 1 aromatic carbocycles. The molecule has 0 bridgehead atoms. The van der Waals surface area contributed by atoms with Crippen molar-refractivity contribution in [2.24, 2.45) is 0 Å². The van der Waals surface area contributed by atoms with E-state index in [1.54, 1.807) is 31.2 Å². The van der Waals surface area contributed by atoms with Crippen LogP contribution in [0.2, 0.25) is 5.02 Å². The Kier molecular flexibility index (Phi) is 5.54. The average molecular weight is 315 g/mol. The van der Waals surface area contributed by atoms with Gasteiger partial charge < -0.3 is 5.32 Å². The fourth-order valence-corrected chi connectivity index (χ4v) is 2.79. The van der Waals surface area contributed by atoms with Crippen LogP contribution < -0.4 is 5.32 Å². The van der Waals surface area contributed by atoms with Crippen molar-refractivity contribution < 1.29 is 13.2 Å². The number of carbonyl (C=O) groups excluding carboxylic acids is 1. The molecule has 0 saturated carbocycles. The molecule has 0 radical (unpaired) electrons. The number of sulfone groups is 1. The molecule has 20 heavy (non-hydrogen) atoms. The van der Waals surface area contributed by atoms with E-state index in [0.29, 0.717) is 16.3 Å². The van der Waals surface area contributed by atoms with E-state index in [1.165, 1.54) is 6.92 Å². The van der Waals surface area contributed by atoms with Gasteiger partial charge in [-0.15, -0.1) is 0 Å². The zero-order valence-electron chi connectivity index (χ0n) is 11.2. The summed E-state index contributed by atoms with van der Waals surface area (Å²) < 4.78 is 23.7. The summed E-state index contributed by atoms with van der Waals surface area (Å²) in [5.74, 6) is -0.958. The molecule has 0 aliphatic rings. The summed E-state index contributed by atoms with van der Waals surface area (Å²) in [6.07, 6.45) is -0.129. The number of hydrogen-bond acceptors (Lipinski definition) is 4. The highest BCUT2D eigenvalue weighted by Crippen LogP contribution is 2.23. The molecule has 1 amide bonds. The second-order valence-electron chi connectivity index (χ2n) is 4.32. The number of anilines is 1. The van der Waals surface area contributed by atoms with Crippen LogP contribution in [0.4, 0.5) is 5.69 Å². The Morgan fingerprint density at radius 3 is 2.75 bits per heavy atom. The van der Waals surface area contributed by atoms with E-state index in [9.17, 15) is 13.2 Å². The van der Waals surface area contributed by atoms with Crippen molar-refractivity contribution in [2.75, 3.05) is 11.1 Å². The quantitative estimate of drug-likeness (QED) is 0.903. The molecule has 0 aromatic heterocycles. The number of halogens is 1. The van der Waals surface area contributed by atoms with Crippen molar-refractivity contribution in [3.63, 3.8) is 0 Å². The van der Waals surface area contributed by atoms with Gasteiger partial charge in [0.25, 0.3) is 0 Å². The summed E-state index contributed by atoms with van der Waals surface area (Å²) in [6, 6.07) is 6.75. The molecule has 7 heteroatoms. The molecule has 108 valence electrons. The Morgan fingerprint density at radius 2 is 2.15 bits per heavy atom. The summed E-state index contributed by atoms with van der Waals surface area (Å²) in [5.41, 5.74) is 1.15. The highest BCUT2D eigenvalue weighted by Gasteiger charge is 2.27. The molecule has 1 rings (SSSR count). The molecule has 0 saturated heterocycles. The van der Waals surface area contributed by atoms with Crippen LogP contribution >= 0.6 is 11.6 Å². The number of nitrogens with one attached hydrogen (secondary N) is 1. The maximum Gasteiger partial charge on any atom is 0.242 e. The van der Waals surface area contributed by atoms with Gasteiger partial charge in [0.05, 0.1) is 11.8 Å². The molecule has 1 atom stereocenters. The van der Waals surface area contributed by atoms with Gasteiger partial charge in [0.1, 0.15) is 5.25 Å². The number of benzene rings is 1. The van der Waals surface area contributed by atoms with Crippen LogP contribution in [0, 0.1) is 18.3 Å². The van der Waals surface area contributed by atoms with E-state index in [1.807, 2.05) is 0 Å². The van der Waals surface area contributed by atoms with E-state index < -0.39 is 21.0 Å². The minimum Gasteiger partial charge on any atom is -0.325 e. The molecule has 0 aliphatic carbocycles. The lowest BCUT2D eigenvalue weighted by Gasteiger charge is -2.14. The van der Waals surface area contributed by atoms with Crippen molar-refractivity contribution in [3.8, 4) is 6.07 Å². The smallest absolute Gasteiger partial charge is 0.242 e. The van der Waals surface area contributed by atoms with Crippen molar-refractivity contribution in [2.45, 2.75) is 25.5 Å². The molecular weight excluding hydrogens is 300 g/mol. The zero-order valence-corrected chi connectivity index (χ0v) is 12.8. The number of hydrogen-bond donors (Lipinski definition) is 1. The maximum absolute atomic E-state index is 12.0. The standard InChI is InChI=1S/C13H15ClN2O3S/c1-9-11(14)5-3-6-12(9)16-13(17)10(2)20(18,19)8-4-7-15/h3,5-6,10H,4,8H2,1-2H3,(H,16,17). The third-order valence-electron chi connectivity index (χ3n) is 2.93. The Hall–Kier alpha value is -1.58. The Balaban J connectivity index is 2.86. The average Bonchev–Trinajstić information content (AvgIpc) is 2.40. The summed E-state index contributed by atoms with van der Waals surface area (Å²) in [5, 5.41) is 10.2. The third kappa shape index (κ3) is 3.95. The van der Waals surface area contributed by atoms with Crippen LogP contribution in [0.5, 0.6) is 0 Å². The molecule has 1 N–H and O–H groups in total. The first-order valence-electron chi connectivity index (χ1n) is 5.94. The maximum atomic E-state index is 12.0. The minimum absolute atomic E-state index is 0.129. The summed E-state index contributed by atoms with van der Waals surface area (Å²) in [7, 11) is -3.63. The number of carbonyl (C=O) groups is 1. The van der Waals surface area contributed by atoms with Crippen LogP contribution in [0.1, 0.15) is 18.9 Å². The van der Waals surface area contributed by atoms with Crippen LogP contribution in [-0.2, 0) is 14.6 Å². The summed E-state index contributed by atoms with van der Waals surface area (Å²) >= 11 is 5.93. The van der Waals surface area contributed by atoms with Crippen LogP contribution in [0.25, 0.3) is 0 Å². The van der Waals surface area contributed by atoms with Gasteiger partial charge in [0.2, 0.25) is 5.91 Å². The van der Waals surface area contributed by atoms with E-state index in [2.05, 4.69) is 5.32 Å². The van der Waals surface area contributed by atoms with Gasteiger partial charge >= 0.3 is 0 Å². The van der Waals surface area contributed by atoms with Gasteiger partial charge in [-0.25, -0.2) is 8.42 Å². The van der Waals surface area contributed by atoms with Gasteiger partial charge in [-0.3, -0.25) is 4.79 Å². The Bertz CT molecular complexity index is 650. The van der Waals surface area contributed by atoms with E-state index >= 15 is 0 Å². The van der Waals surface area contributed by atoms with Crippen LogP contribution in [-0.4, -0.2) is 25.3 Å². The van der Waals surface area contributed by atoms with Crippen molar-refractivity contribution in [3.05, 3.63) is 28.8 Å². The Labute approximate surface area is 123 Å². The second kappa shape index (κ2) is 6.73. The van der Waals surface area contributed by atoms with Crippen molar-refractivity contribution >= 4 is 33.0 Å². The van der Waals surface area contributed by atoms with Gasteiger partial charge in [0, 0.05) is 17.1 Å². The first-order valence-corrected chi connectivity index (χ1v) is 8.03. The summed E-state index contributed by atoms with van der Waals surface area (Å²) in [4.78, 5) is 12.0. The van der Waals surface area contributed by atoms with Crippen molar-refractivity contribution in [1.29, 1.82) is 5.26 Å². The highest BCUT2D eigenvalue weighted by atomic mass is 35.5. The van der Waals surface area contributed by atoms with Crippen LogP contribution in [0.15, 0.2) is 18.2 Å². The highest BCUT2D eigenvalue weighted by molar-refractivity contribution is 7.92. The first kappa shape index (κ1) is 16.5. The number of amides is 1. The van der Waals surface area contributed by atoms with Gasteiger partial charge in [-0.05, 0) is 31.5 Å². The minimum atomic E-state index is -3.63. The Morgan fingerprint density at radius 1 is 1.50 bits per heavy atom. The lowest BCUT2D eigenvalue weighted by Crippen LogP contribution is -2.34. The third-order valence-corrected chi connectivity index (χ3v) is 5.41. The zero-order chi connectivity index (χ0) is 15.3. The second-order valence-corrected chi connectivity index (χ2v) is 7.17. The van der Waals surface area contributed by atoms with E-state index in [-0.39, 0.29) is 12.2 Å². The number of rotatable bonds is 5. The number of nitriles is 1. The normalized spacial score (nSPS) is 12.5. The fourth-order valence-electron chi connectivity index (χ4n) is 1.51. The van der Waals surface area contributed by atoms with Gasteiger partial charge in [-0.1, -0.05) is 17.7 Å². The molecule has 0 spiro atoms. The number of nitrogens with zero attached hydrogens (tertiary/aromatic N) is 1. The molecular formula is C13H15ClN2O3S. The first-order chi connectivity index (χ1) is 9.29. The van der Waals surface area contributed by atoms with E-state index in [4.69, 9.17) is 16.9 Å². The largest absolute Gasteiger partial charge is 0.325 e. The van der Waals surface area contributed by atoms with Gasteiger partial charge in [0.15, 0.2) is 9.84 Å². The van der Waals surface area contributed by atoms with E-state index in [0.717, 1.165) is 0 Å². The topological polar surface area (TPSA) is 87.0 Å². The fraction of sp³-hybridized carbons (Fsp3) is 0.385. The summed E-state index contributed by atoms with van der Waals surface area (Å²) in [6.45, 7) is 3.04. The molecule has 5 nitrogen and oxygen atoms in total. The predicted octanol–water partition coefficient (Wildman–Crippen LogP) is 2.30. The SMILES string of the molecule is Cc1c(Cl)cccc1NC(=O)C(C)S(=O)(=O)CCC#N.